The summed E-state index contributed by atoms with van der Waals surface area (Å²) in [6.07, 6.45) is -5.09. The van der Waals surface area contributed by atoms with Crippen molar-refractivity contribution in [1.82, 2.24) is 9.88 Å². The molecule has 9 heteroatoms. The maximum atomic E-state index is 13.1. The summed E-state index contributed by atoms with van der Waals surface area (Å²) in [5, 5.41) is 0.792. The molecule has 1 N–H and O–H groups in total. The topological polar surface area (TPSA) is 62.4 Å². The molecule has 0 saturated carbocycles. The molecule has 0 bridgehead atoms. The Kier molecular flexibility index (Phi) is 5.83. The quantitative estimate of drug-likeness (QED) is 0.665. The van der Waals surface area contributed by atoms with E-state index in [1.165, 1.54) is 25.3 Å². The summed E-state index contributed by atoms with van der Waals surface area (Å²) >= 11 is 6.03. The fourth-order valence-electron chi connectivity index (χ4n) is 2.89. The van der Waals surface area contributed by atoms with Crippen LogP contribution in [0.5, 0.6) is 5.75 Å². The highest BCUT2D eigenvalue weighted by molar-refractivity contribution is 6.31. The highest BCUT2D eigenvalue weighted by atomic mass is 35.5. The van der Waals surface area contributed by atoms with Gasteiger partial charge in [0.15, 0.2) is 0 Å². The van der Waals surface area contributed by atoms with Crippen molar-refractivity contribution in [2.45, 2.75) is 19.3 Å². The zero-order valence-electron chi connectivity index (χ0n) is 15.2. The third-order valence-electron chi connectivity index (χ3n) is 4.34. The van der Waals surface area contributed by atoms with Gasteiger partial charge in [-0.25, -0.2) is 0 Å². The fourth-order valence-corrected chi connectivity index (χ4v) is 3.09. The summed E-state index contributed by atoms with van der Waals surface area (Å²) in [5.41, 5.74) is 0.266. The molecule has 0 aliphatic carbocycles. The van der Waals surface area contributed by atoms with Crippen molar-refractivity contribution in [3.05, 3.63) is 75.0 Å². The lowest BCUT2D eigenvalue weighted by molar-refractivity contribution is -0.186. The lowest BCUT2D eigenvalue weighted by Gasteiger charge is -2.24. The molecule has 0 aliphatic rings. The van der Waals surface area contributed by atoms with Crippen LogP contribution in [0.3, 0.4) is 0 Å². The van der Waals surface area contributed by atoms with Gasteiger partial charge in [0, 0.05) is 28.0 Å². The maximum Gasteiger partial charge on any atom is 0.471 e. The summed E-state index contributed by atoms with van der Waals surface area (Å²) in [5.74, 6) is -1.53. The van der Waals surface area contributed by atoms with Crippen LogP contribution in [0, 0.1) is 0 Å². The van der Waals surface area contributed by atoms with Gasteiger partial charge >= 0.3 is 12.1 Å². The van der Waals surface area contributed by atoms with Crippen LogP contribution in [0.4, 0.5) is 13.2 Å². The number of alkyl halides is 3. The molecule has 1 heterocycles. The molecule has 3 rings (SSSR count). The van der Waals surface area contributed by atoms with Crippen molar-refractivity contribution in [2.24, 2.45) is 0 Å². The lowest BCUT2D eigenvalue weighted by Crippen LogP contribution is -2.41. The standard InChI is InChI=1S/C20H16ClF3N2O3/c1-29-15-6-7-17-13(9-15)8-14(18(27)25-17)11-26(19(28)20(22,23)24)10-12-4-2-3-5-16(12)21/h2-9H,10-11H2,1H3,(H,25,27). The molecule has 0 saturated heterocycles. The number of rotatable bonds is 5. The van der Waals surface area contributed by atoms with Crippen LogP contribution >= 0.6 is 11.6 Å². The number of hydrogen-bond acceptors (Lipinski definition) is 3. The average molecular weight is 425 g/mol. The van der Waals surface area contributed by atoms with Gasteiger partial charge in [-0.05, 0) is 35.9 Å². The van der Waals surface area contributed by atoms with Crippen molar-refractivity contribution in [2.75, 3.05) is 7.11 Å². The molecule has 2 aromatic carbocycles. The van der Waals surface area contributed by atoms with Crippen LogP contribution in [-0.4, -0.2) is 29.1 Å². The Morgan fingerprint density at radius 3 is 2.45 bits per heavy atom. The van der Waals surface area contributed by atoms with Crippen LogP contribution < -0.4 is 10.3 Å². The second-order valence-electron chi connectivity index (χ2n) is 6.33. The van der Waals surface area contributed by atoms with Crippen molar-refractivity contribution in [3.63, 3.8) is 0 Å². The summed E-state index contributed by atoms with van der Waals surface area (Å²) < 4.78 is 44.5. The average Bonchev–Trinajstić information content (AvgIpc) is 2.68. The van der Waals surface area contributed by atoms with E-state index >= 15 is 0 Å². The highest BCUT2D eigenvalue weighted by Crippen LogP contribution is 2.25. The number of amides is 1. The number of H-pyrrole nitrogens is 1. The zero-order chi connectivity index (χ0) is 21.2. The van der Waals surface area contributed by atoms with E-state index in [0.717, 1.165) is 0 Å². The minimum absolute atomic E-state index is 0.00964. The van der Waals surface area contributed by atoms with Gasteiger partial charge in [0.05, 0.1) is 13.7 Å². The number of hydrogen-bond donors (Lipinski definition) is 1. The van der Waals surface area contributed by atoms with Crippen molar-refractivity contribution < 1.29 is 22.7 Å². The predicted octanol–water partition coefficient (Wildman–Crippen LogP) is 4.28. The van der Waals surface area contributed by atoms with E-state index in [-0.39, 0.29) is 10.6 Å². The number of pyridine rings is 1. The van der Waals surface area contributed by atoms with Gasteiger partial charge in [-0.1, -0.05) is 29.8 Å². The number of aromatic amines is 1. The Bertz CT molecular complexity index is 1110. The second-order valence-corrected chi connectivity index (χ2v) is 6.73. The van der Waals surface area contributed by atoms with Gasteiger partial charge in [0.2, 0.25) is 0 Å². The van der Waals surface area contributed by atoms with E-state index in [1.54, 1.807) is 30.3 Å². The first-order valence-corrected chi connectivity index (χ1v) is 8.86. The Hall–Kier alpha value is -3.00. The molecule has 152 valence electrons. The molecule has 0 unspecified atom stereocenters. The summed E-state index contributed by atoms with van der Waals surface area (Å²) in [4.78, 5) is 27.5. The first-order valence-electron chi connectivity index (χ1n) is 8.48. The molecular weight excluding hydrogens is 409 g/mol. The molecule has 0 atom stereocenters. The van der Waals surface area contributed by atoms with Gasteiger partial charge in [-0.2, -0.15) is 13.2 Å². The first kappa shape index (κ1) is 20.7. The van der Waals surface area contributed by atoms with Gasteiger partial charge in [0.25, 0.3) is 5.56 Å². The van der Waals surface area contributed by atoms with E-state index in [1.807, 2.05) is 0 Å². The predicted molar refractivity (Wildman–Crippen MR) is 103 cm³/mol. The fraction of sp³-hybridized carbons (Fsp3) is 0.200. The number of aromatic nitrogens is 1. The molecule has 5 nitrogen and oxygen atoms in total. The molecule has 0 radical (unpaired) electrons. The largest absolute Gasteiger partial charge is 0.497 e. The first-order chi connectivity index (χ1) is 13.7. The number of ether oxygens (including phenoxy) is 1. The second kappa shape index (κ2) is 8.16. The lowest BCUT2D eigenvalue weighted by atomic mass is 10.1. The van der Waals surface area contributed by atoms with E-state index in [0.29, 0.717) is 27.1 Å². The van der Waals surface area contributed by atoms with E-state index in [2.05, 4.69) is 4.98 Å². The summed E-state index contributed by atoms with van der Waals surface area (Å²) in [6, 6.07) is 12.6. The van der Waals surface area contributed by atoms with Crippen LogP contribution in [0.2, 0.25) is 5.02 Å². The van der Waals surface area contributed by atoms with Gasteiger partial charge in [-0.3, -0.25) is 9.59 Å². The normalized spacial score (nSPS) is 11.5. The van der Waals surface area contributed by atoms with Crippen molar-refractivity contribution in [1.29, 1.82) is 0 Å². The maximum absolute atomic E-state index is 13.1. The van der Waals surface area contributed by atoms with Crippen LogP contribution in [0.1, 0.15) is 11.1 Å². The van der Waals surface area contributed by atoms with Gasteiger partial charge in [0.1, 0.15) is 5.75 Å². The van der Waals surface area contributed by atoms with Crippen LogP contribution in [-0.2, 0) is 17.9 Å². The van der Waals surface area contributed by atoms with Crippen LogP contribution in [0.25, 0.3) is 10.9 Å². The molecule has 1 amide bonds. The SMILES string of the molecule is COc1ccc2[nH]c(=O)c(CN(Cc3ccccc3Cl)C(=O)C(F)(F)F)cc2c1. The van der Waals surface area contributed by atoms with Gasteiger partial charge in [-0.15, -0.1) is 0 Å². The molecule has 0 fully saturated rings. The third-order valence-corrected chi connectivity index (χ3v) is 4.71. The molecule has 29 heavy (non-hydrogen) atoms. The Morgan fingerprint density at radius 1 is 1.10 bits per heavy atom. The number of carbonyl (C=O) groups excluding carboxylic acids is 1. The van der Waals surface area contributed by atoms with Crippen LogP contribution in [0.15, 0.2) is 53.3 Å². The minimum atomic E-state index is -5.09. The Morgan fingerprint density at radius 2 is 1.79 bits per heavy atom. The van der Waals surface area contributed by atoms with Crippen molar-refractivity contribution in [3.8, 4) is 5.75 Å². The van der Waals surface area contributed by atoms with Crippen molar-refractivity contribution >= 4 is 28.4 Å². The third kappa shape index (κ3) is 4.71. The summed E-state index contributed by atoms with van der Waals surface area (Å²) in [7, 11) is 1.47. The number of nitrogens with one attached hydrogen (secondary N) is 1. The number of nitrogens with zero attached hydrogens (tertiary/aromatic N) is 1. The number of methoxy groups -OCH3 is 1. The number of fused-ring (bicyclic) bond motifs is 1. The minimum Gasteiger partial charge on any atom is -0.497 e. The van der Waals surface area contributed by atoms with Gasteiger partial charge < -0.3 is 14.6 Å². The summed E-state index contributed by atoms with van der Waals surface area (Å²) in [6.45, 7) is -0.931. The molecule has 1 aromatic heterocycles. The number of carbonyl (C=O) groups is 1. The number of benzene rings is 2. The smallest absolute Gasteiger partial charge is 0.471 e. The molecule has 0 spiro atoms. The Labute approximate surface area is 168 Å². The van der Waals surface area contributed by atoms with E-state index in [4.69, 9.17) is 16.3 Å². The highest BCUT2D eigenvalue weighted by Gasteiger charge is 2.42. The zero-order valence-corrected chi connectivity index (χ0v) is 16.0. The molecule has 3 aromatic rings. The monoisotopic (exact) mass is 424 g/mol. The van der Waals surface area contributed by atoms with E-state index < -0.39 is 30.7 Å². The number of halogens is 4. The van der Waals surface area contributed by atoms with E-state index in [9.17, 15) is 22.8 Å². The molecular formula is C20H16ClF3N2O3. The Balaban J connectivity index is 2.00. The molecule has 0 aliphatic heterocycles.